The van der Waals surface area contributed by atoms with Gasteiger partial charge in [-0.3, -0.25) is 0 Å². The van der Waals surface area contributed by atoms with Crippen molar-refractivity contribution in [2.24, 2.45) is 11.8 Å². The molecule has 2 aromatic heterocycles. The van der Waals surface area contributed by atoms with Crippen molar-refractivity contribution in [3.63, 3.8) is 0 Å². The number of hydrogen-bond acceptors (Lipinski definition) is 5. The molecule has 2 atom stereocenters. The number of pyridine rings is 1. The third-order valence-corrected chi connectivity index (χ3v) is 7.79. The molecule has 1 aliphatic heterocycles. The van der Waals surface area contributed by atoms with Crippen LogP contribution in [0.4, 0.5) is 18.9 Å². The van der Waals surface area contributed by atoms with Gasteiger partial charge in [0, 0.05) is 36.9 Å². The number of alkyl halides is 3. The molecule has 31 heavy (non-hydrogen) atoms. The van der Waals surface area contributed by atoms with E-state index in [1.165, 1.54) is 24.4 Å². The average molecular weight is 450 g/mol. The van der Waals surface area contributed by atoms with Crippen molar-refractivity contribution >= 4 is 26.7 Å². The molecule has 3 heterocycles. The van der Waals surface area contributed by atoms with E-state index >= 15 is 0 Å². The van der Waals surface area contributed by atoms with E-state index in [9.17, 15) is 21.6 Å². The lowest BCUT2D eigenvalue weighted by Gasteiger charge is -2.24. The van der Waals surface area contributed by atoms with Gasteiger partial charge in [-0.05, 0) is 42.9 Å². The van der Waals surface area contributed by atoms with E-state index in [1.807, 2.05) is 0 Å². The van der Waals surface area contributed by atoms with Crippen LogP contribution in [0.15, 0.2) is 53.7 Å². The summed E-state index contributed by atoms with van der Waals surface area (Å²) >= 11 is 0. The number of aromatic nitrogens is 2. The fraction of sp³-hybridized carbons (Fsp3) is 0.381. The standard InChI is InChI=1S/C21H21F3N4O2S/c22-21(23,24)17-11-26-20-15(19(17)27-18-12-25-10-16(18)13-6-7-13)8-9-28(20)31(29,30)14-4-2-1-3-5-14/h1-5,8-9,11,13,16,18,25H,6-7,10,12H2,(H,26,27)/t16-,18-/m1/s1. The van der Waals surface area contributed by atoms with Crippen molar-refractivity contribution in [1.29, 1.82) is 0 Å². The van der Waals surface area contributed by atoms with Crippen molar-refractivity contribution in [2.45, 2.75) is 30.0 Å². The molecule has 0 unspecified atom stereocenters. The normalized spacial score (nSPS) is 22.2. The third kappa shape index (κ3) is 3.57. The molecule has 1 aromatic carbocycles. The zero-order valence-corrected chi connectivity index (χ0v) is 17.2. The first-order valence-electron chi connectivity index (χ1n) is 10.1. The van der Waals surface area contributed by atoms with Crippen LogP contribution in [0.25, 0.3) is 11.0 Å². The summed E-state index contributed by atoms with van der Waals surface area (Å²) in [5.74, 6) is 0.765. The molecule has 1 saturated heterocycles. The molecule has 1 aliphatic carbocycles. The maximum atomic E-state index is 13.8. The molecular formula is C21H21F3N4O2S. The van der Waals surface area contributed by atoms with Crippen molar-refractivity contribution in [3.05, 3.63) is 54.4 Å². The highest BCUT2D eigenvalue weighted by Crippen LogP contribution is 2.43. The second-order valence-electron chi connectivity index (χ2n) is 8.12. The van der Waals surface area contributed by atoms with Crippen LogP contribution in [-0.4, -0.2) is 36.5 Å². The number of nitrogens with one attached hydrogen (secondary N) is 2. The molecule has 2 aliphatic rings. The van der Waals surface area contributed by atoms with Crippen LogP contribution >= 0.6 is 0 Å². The van der Waals surface area contributed by atoms with Gasteiger partial charge in [0.15, 0.2) is 5.65 Å². The first kappa shape index (κ1) is 20.3. The van der Waals surface area contributed by atoms with Gasteiger partial charge in [0.2, 0.25) is 0 Å². The first-order valence-corrected chi connectivity index (χ1v) is 11.6. The predicted molar refractivity (Wildman–Crippen MR) is 110 cm³/mol. The number of hydrogen-bond donors (Lipinski definition) is 2. The summed E-state index contributed by atoms with van der Waals surface area (Å²) in [6, 6.07) is 8.97. The smallest absolute Gasteiger partial charge is 0.380 e. The Morgan fingerprint density at radius 1 is 1.10 bits per heavy atom. The number of halogens is 3. The summed E-state index contributed by atoms with van der Waals surface area (Å²) in [7, 11) is -4.00. The number of rotatable bonds is 5. The fourth-order valence-corrected chi connectivity index (χ4v) is 5.72. The van der Waals surface area contributed by atoms with E-state index in [1.54, 1.807) is 18.2 Å². The quantitative estimate of drug-likeness (QED) is 0.620. The van der Waals surface area contributed by atoms with Crippen molar-refractivity contribution < 1.29 is 21.6 Å². The summed E-state index contributed by atoms with van der Waals surface area (Å²) in [5.41, 5.74) is -1.04. The van der Waals surface area contributed by atoms with Gasteiger partial charge in [-0.15, -0.1) is 0 Å². The van der Waals surface area contributed by atoms with Crippen LogP contribution in [0.5, 0.6) is 0 Å². The largest absolute Gasteiger partial charge is 0.419 e. The lowest BCUT2D eigenvalue weighted by Crippen LogP contribution is -2.30. The van der Waals surface area contributed by atoms with Crippen LogP contribution in [0.3, 0.4) is 0 Å². The fourth-order valence-electron chi connectivity index (χ4n) is 4.40. The Bertz CT molecular complexity index is 1220. The minimum atomic E-state index is -4.62. The number of benzene rings is 1. The Balaban J connectivity index is 1.63. The summed E-state index contributed by atoms with van der Waals surface area (Å²) in [6.07, 6.45) is -0.458. The topological polar surface area (TPSA) is 76.0 Å². The maximum Gasteiger partial charge on any atom is 0.419 e. The van der Waals surface area contributed by atoms with Crippen molar-refractivity contribution in [1.82, 2.24) is 14.3 Å². The highest BCUT2D eigenvalue weighted by atomic mass is 32.2. The van der Waals surface area contributed by atoms with Gasteiger partial charge < -0.3 is 10.6 Å². The van der Waals surface area contributed by atoms with E-state index in [0.717, 1.165) is 29.6 Å². The molecule has 2 N–H and O–H groups in total. The molecule has 0 spiro atoms. The molecular weight excluding hydrogens is 429 g/mol. The summed E-state index contributed by atoms with van der Waals surface area (Å²) in [5, 5.41) is 6.50. The highest BCUT2D eigenvalue weighted by Gasteiger charge is 2.42. The minimum absolute atomic E-state index is 0.0340. The van der Waals surface area contributed by atoms with Crippen LogP contribution in [0, 0.1) is 11.8 Å². The number of anilines is 1. The van der Waals surface area contributed by atoms with Gasteiger partial charge in [0.1, 0.15) is 0 Å². The Kier molecular flexibility index (Phi) is 4.74. The monoisotopic (exact) mass is 450 g/mol. The Hall–Kier alpha value is -2.59. The zero-order chi connectivity index (χ0) is 21.8. The van der Waals surface area contributed by atoms with Gasteiger partial charge >= 0.3 is 6.18 Å². The molecule has 1 saturated carbocycles. The van der Waals surface area contributed by atoms with Crippen molar-refractivity contribution in [2.75, 3.05) is 18.4 Å². The van der Waals surface area contributed by atoms with Crippen LogP contribution < -0.4 is 10.6 Å². The Morgan fingerprint density at radius 2 is 1.84 bits per heavy atom. The van der Waals surface area contributed by atoms with Crippen LogP contribution in [0.1, 0.15) is 18.4 Å². The number of nitrogens with zero attached hydrogens (tertiary/aromatic N) is 2. The molecule has 0 radical (unpaired) electrons. The highest BCUT2D eigenvalue weighted by molar-refractivity contribution is 7.90. The second kappa shape index (κ2) is 7.23. The molecule has 2 fully saturated rings. The Morgan fingerprint density at radius 3 is 2.52 bits per heavy atom. The minimum Gasteiger partial charge on any atom is -0.380 e. The number of fused-ring (bicyclic) bond motifs is 1. The Labute approximate surface area is 177 Å². The van der Waals surface area contributed by atoms with E-state index < -0.39 is 21.8 Å². The van der Waals surface area contributed by atoms with Gasteiger partial charge in [0.25, 0.3) is 10.0 Å². The zero-order valence-electron chi connectivity index (χ0n) is 16.4. The van der Waals surface area contributed by atoms with Gasteiger partial charge in [-0.1, -0.05) is 18.2 Å². The average Bonchev–Trinajstić information content (AvgIpc) is 3.30. The second-order valence-corrected chi connectivity index (χ2v) is 9.94. The first-order chi connectivity index (χ1) is 14.8. The molecule has 164 valence electrons. The molecule has 3 aromatic rings. The van der Waals surface area contributed by atoms with E-state index in [2.05, 4.69) is 15.6 Å². The summed E-state index contributed by atoms with van der Waals surface area (Å²) in [4.78, 5) is 3.95. The SMILES string of the molecule is O=S(=O)(c1ccccc1)n1ccc2c(N[C@@H]3CNC[C@@H]3C3CC3)c(C(F)(F)F)cnc21. The molecule has 6 nitrogen and oxygen atoms in total. The van der Waals surface area contributed by atoms with Crippen LogP contribution in [-0.2, 0) is 16.2 Å². The maximum absolute atomic E-state index is 13.8. The summed E-state index contributed by atoms with van der Waals surface area (Å²) < 4.78 is 68.5. The van der Waals surface area contributed by atoms with Crippen molar-refractivity contribution in [3.8, 4) is 0 Å². The van der Waals surface area contributed by atoms with Crippen LogP contribution in [0.2, 0.25) is 0 Å². The predicted octanol–water partition coefficient (Wildman–Crippen LogP) is 3.70. The van der Waals surface area contributed by atoms with E-state index in [4.69, 9.17) is 0 Å². The molecule has 0 bridgehead atoms. The van der Waals surface area contributed by atoms with E-state index in [-0.39, 0.29) is 33.6 Å². The molecule has 5 rings (SSSR count). The van der Waals surface area contributed by atoms with Gasteiger partial charge in [-0.25, -0.2) is 17.4 Å². The molecule has 0 amide bonds. The lowest BCUT2D eigenvalue weighted by molar-refractivity contribution is -0.137. The van der Waals surface area contributed by atoms with E-state index in [0.29, 0.717) is 12.5 Å². The van der Waals surface area contributed by atoms with Gasteiger partial charge in [-0.2, -0.15) is 13.2 Å². The molecule has 10 heteroatoms. The summed E-state index contributed by atoms with van der Waals surface area (Å²) in [6.45, 7) is 1.33. The third-order valence-electron chi connectivity index (χ3n) is 6.10. The lowest BCUT2D eigenvalue weighted by atomic mass is 9.97. The van der Waals surface area contributed by atoms with Gasteiger partial charge in [0.05, 0.1) is 16.1 Å².